The van der Waals surface area contributed by atoms with Gasteiger partial charge in [-0.15, -0.1) is 0 Å². The molecule has 2 rings (SSSR count). The second-order valence-corrected chi connectivity index (χ2v) is 9.57. The molecule has 3 heteroatoms. The smallest absolute Gasteiger partial charge is 0.274 e. The van der Waals surface area contributed by atoms with E-state index >= 15 is 0 Å². The molecule has 0 unspecified atom stereocenters. The Kier molecular flexibility index (Phi) is 3.85. The maximum atomic E-state index is 2.74. The van der Waals surface area contributed by atoms with Gasteiger partial charge in [-0.3, -0.25) is 4.90 Å². The van der Waals surface area contributed by atoms with Gasteiger partial charge in [0.1, 0.15) is 17.4 Å². The average Bonchev–Trinajstić information content (AvgIpc) is 2.61. The maximum absolute atomic E-state index is 2.74. The molecule has 1 aromatic rings. The van der Waals surface area contributed by atoms with E-state index in [0.717, 1.165) is 0 Å². The summed E-state index contributed by atoms with van der Waals surface area (Å²) >= 11 is 0. The van der Waals surface area contributed by atoms with Crippen LogP contribution in [0.2, 0.25) is 0 Å². The summed E-state index contributed by atoms with van der Waals surface area (Å²) < 4.78 is 4.81. The minimum atomic E-state index is 0.140. The number of imidazole rings is 1. The molecule has 1 aliphatic rings. The predicted octanol–water partition coefficient (Wildman–Crippen LogP) is 3.82. The van der Waals surface area contributed by atoms with Crippen molar-refractivity contribution in [2.24, 2.45) is 19.5 Å². The summed E-state index contributed by atoms with van der Waals surface area (Å²) in [7, 11) is 4.44. The van der Waals surface area contributed by atoms with E-state index in [2.05, 4.69) is 90.4 Å². The first-order chi connectivity index (χ1) is 9.72. The van der Waals surface area contributed by atoms with Crippen LogP contribution in [0.5, 0.6) is 0 Å². The van der Waals surface area contributed by atoms with Gasteiger partial charge in [0.15, 0.2) is 0 Å². The van der Waals surface area contributed by atoms with Gasteiger partial charge in [-0.25, -0.2) is 9.13 Å². The Morgan fingerprint density at radius 2 is 1.59 bits per heavy atom. The van der Waals surface area contributed by atoms with E-state index in [4.69, 9.17) is 0 Å². The van der Waals surface area contributed by atoms with Crippen molar-refractivity contribution in [1.82, 2.24) is 9.47 Å². The van der Waals surface area contributed by atoms with Crippen molar-refractivity contribution < 1.29 is 4.57 Å². The van der Waals surface area contributed by atoms with Gasteiger partial charge in [0, 0.05) is 24.9 Å². The standard InChI is InChI=1S/C19H36N3/c1-13-14(2)21(11)16(20(13)10)15-18(6,7)12-19(8,9)22(15)17(3,4)5/h15H,12H2,1-11H3/q+1/t15-/m0/s1. The molecule has 0 bridgehead atoms. The third-order valence-electron chi connectivity index (χ3n) is 5.72. The molecule has 0 spiro atoms. The molecule has 1 atom stereocenters. The minimum absolute atomic E-state index is 0.140. The SMILES string of the molecule is Cc1c(C)[n+](C)c([C@@H]2N(C(C)(C)C)C(C)(C)CC2(C)C)n1C. The second-order valence-electron chi connectivity index (χ2n) is 9.57. The molecule has 1 saturated heterocycles. The third-order valence-corrected chi connectivity index (χ3v) is 5.72. The molecule has 22 heavy (non-hydrogen) atoms. The molecule has 0 radical (unpaired) electrons. The Morgan fingerprint density at radius 3 is 1.95 bits per heavy atom. The summed E-state index contributed by atoms with van der Waals surface area (Å²) in [5.74, 6) is 1.43. The first-order valence-corrected chi connectivity index (χ1v) is 8.53. The van der Waals surface area contributed by atoms with Crippen LogP contribution in [-0.2, 0) is 14.1 Å². The van der Waals surface area contributed by atoms with Crippen LogP contribution in [0.4, 0.5) is 0 Å². The summed E-state index contributed by atoms with van der Waals surface area (Å²) in [5.41, 5.74) is 3.32. The maximum Gasteiger partial charge on any atom is 0.274 e. The molecular weight excluding hydrogens is 270 g/mol. The van der Waals surface area contributed by atoms with E-state index in [-0.39, 0.29) is 16.5 Å². The number of rotatable bonds is 1. The van der Waals surface area contributed by atoms with Crippen molar-refractivity contribution >= 4 is 0 Å². The topological polar surface area (TPSA) is 12.1 Å². The lowest BCUT2D eigenvalue weighted by Crippen LogP contribution is -2.54. The van der Waals surface area contributed by atoms with Crippen LogP contribution < -0.4 is 4.57 Å². The number of hydrogen-bond donors (Lipinski definition) is 0. The van der Waals surface area contributed by atoms with Crippen LogP contribution in [0.15, 0.2) is 0 Å². The van der Waals surface area contributed by atoms with E-state index in [9.17, 15) is 0 Å². The number of nitrogens with zero attached hydrogens (tertiary/aromatic N) is 3. The lowest BCUT2D eigenvalue weighted by atomic mass is 9.81. The molecule has 126 valence electrons. The van der Waals surface area contributed by atoms with Crippen LogP contribution >= 0.6 is 0 Å². The van der Waals surface area contributed by atoms with Gasteiger partial charge in [0.25, 0.3) is 5.82 Å². The summed E-state index contributed by atoms with van der Waals surface area (Å²) in [6, 6.07) is 0.421. The molecule has 0 saturated carbocycles. The molecule has 1 aliphatic heterocycles. The van der Waals surface area contributed by atoms with Crippen molar-refractivity contribution in [2.45, 2.75) is 85.9 Å². The van der Waals surface area contributed by atoms with E-state index in [0.29, 0.717) is 6.04 Å². The quantitative estimate of drug-likeness (QED) is 0.718. The molecule has 0 amide bonds. The van der Waals surface area contributed by atoms with E-state index < -0.39 is 0 Å². The summed E-state index contributed by atoms with van der Waals surface area (Å²) in [6.45, 7) is 21.2. The van der Waals surface area contributed by atoms with Gasteiger partial charge in [-0.1, -0.05) is 13.8 Å². The van der Waals surface area contributed by atoms with Crippen LogP contribution in [0.1, 0.15) is 78.1 Å². The molecule has 0 aliphatic carbocycles. The Balaban J connectivity index is 2.73. The normalized spacial score (nSPS) is 25.0. The van der Waals surface area contributed by atoms with Crippen molar-refractivity contribution in [2.75, 3.05) is 0 Å². The average molecular weight is 307 g/mol. The van der Waals surface area contributed by atoms with E-state index in [1.165, 1.54) is 23.6 Å². The van der Waals surface area contributed by atoms with E-state index in [1.54, 1.807) is 0 Å². The molecular formula is C19H36N3+. The summed E-state index contributed by atoms with van der Waals surface area (Å²) in [6.07, 6.45) is 1.21. The van der Waals surface area contributed by atoms with Crippen molar-refractivity contribution in [3.63, 3.8) is 0 Å². The highest BCUT2D eigenvalue weighted by Crippen LogP contribution is 2.56. The minimum Gasteiger partial charge on any atom is -0.279 e. The summed E-state index contributed by atoms with van der Waals surface area (Å²) in [4.78, 5) is 2.74. The fourth-order valence-electron chi connectivity index (χ4n) is 5.18. The Morgan fingerprint density at radius 1 is 1.09 bits per heavy atom. The lowest BCUT2D eigenvalue weighted by molar-refractivity contribution is -0.688. The van der Waals surface area contributed by atoms with Gasteiger partial charge < -0.3 is 0 Å². The van der Waals surface area contributed by atoms with Crippen molar-refractivity contribution in [3.05, 3.63) is 17.2 Å². The highest BCUT2D eigenvalue weighted by molar-refractivity contribution is 5.17. The predicted molar refractivity (Wildman–Crippen MR) is 92.9 cm³/mol. The van der Waals surface area contributed by atoms with Gasteiger partial charge in [0.2, 0.25) is 0 Å². The Hall–Kier alpha value is -0.830. The zero-order valence-electron chi connectivity index (χ0n) is 16.6. The monoisotopic (exact) mass is 306 g/mol. The third kappa shape index (κ3) is 2.42. The molecule has 0 N–H and O–H groups in total. The van der Waals surface area contributed by atoms with E-state index in [1.807, 2.05) is 0 Å². The largest absolute Gasteiger partial charge is 0.279 e. The Bertz CT molecular complexity index is 559. The van der Waals surface area contributed by atoms with Crippen LogP contribution in [0, 0.1) is 19.3 Å². The van der Waals surface area contributed by atoms with Gasteiger partial charge in [-0.2, -0.15) is 0 Å². The van der Waals surface area contributed by atoms with Crippen LogP contribution in [0.3, 0.4) is 0 Å². The fourth-order valence-corrected chi connectivity index (χ4v) is 5.18. The molecule has 3 nitrogen and oxygen atoms in total. The highest BCUT2D eigenvalue weighted by Gasteiger charge is 2.58. The van der Waals surface area contributed by atoms with Gasteiger partial charge >= 0.3 is 0 Å². The zero-order chi connectivity index (χ0) is 17.2. The van der Waals surface area contributed by atoms with Crippen LogP contribution in [0.25, 0.3) is 0 Å². The fraction of sp³-hybridized carbons (Fsp3) is 0.842. The van der Waals surface area contributed by atoms with Crippen molar-refractivity contribution in [3.8, 4) is 0 Å². The van der Waals surface area contributed by atoms with Gasteiger partial charge in [-0.05, 0) is 46.5 Å². The zero-order valence-corrected chi connectivity index (χ0v) is 16.6. The highest BCUT2D eigenvalue weighted by atomic mass is 15.3. The molecule has 0 aromatic carbocycles. The van der Waals surface area contributed by atoms with Crippen LogP contribution in [-0.4, -0.2) is 20.5 Å². The molecule has 1 fully saturated rings. The number of likely N-dealkylation sites (tertiary alicyclic amines) is 1. The summed E-state index contributed by atoms with van der Waals surface area (Å²) in [5, 5.41) is 0. The number of hydrogen-bond acceptors (Lipinski definition) is 1. The number of aromatic nitrogens is 2. The first-order valence-electron chi connectivity index (χ1n) is 8.53. The van der Waals surface area contributed by atoms with Gasteiger partial charge in [0.05, 0.1) is 14.1 Å². The lowest BCUT2D eigenvalue weighted by Gasteiger charge is -2.45. The molecule has 1 aromatic heterocycles. The second kappa shape index (κ2) is 4.83. The van der Waals surface area contributed by atoms with Crippen molar-refractivity contribution in [1.29, 1.82) is 0 Å². The molecule has 2 heterocycles. The first kappa shape index (κ1) is 17.5. The Labute approximate surface area is 137 Å².